The van der Waals surface area contributed by atoms with E-state index in [9.17, 15) is 20.0 Å². The number of phenolic OH excluding ortho intramolecular Hbond substituents is 1. The summed E-state index contributed by atoms with van der Waals surface area (Å²) in [6.45, 7) is 2.61. The molecule has 0 radical (unpaired) electrons. The van der Waals surface area contributed by atoms with Gasteiger partial charge in [-0.2, -0.15) is 5.26 Å². The molecular formula is C22H24N2O3S. The van der Waals surface area contributed by atoms with E-state index in [0.717, 1.165) is 40.1 Å². The van der Waals surface area contributed by atoms with Gasteiger partial charge in [0, 0.05) is 29.1 Å². The highest BCUT2D eigenvalue weighted by Crippen LogP contribution is 2.34. The minimum atomic E-state index is -0.278. The first-order valence-electron chi connectivity index (χ1n) is 9.64. The van der Waals surface area contributed by atoms with Crippen LogP contribution in [0, 0.1) is 17.2 Å². The summed E-state index contributed by atoms with van der Waals surface area (Å²) in [5, 5.41) is 22.3. The number of aryl methyl sites for hydroxylation is 1. The van der Waals surface area contributed by atoms with Crippen molar-refractivity contribution < 1.29 is 14.7 Å². The standard InChI is InChI=1S/C22H24N2O3S/c1-2-14(13-24-22(27)17-5-3-4-6-19(17)26)7-10-20-18(12-23)16-9-8-15(25)11-21(16)28-20/h3-6,14,26H,2,7-11,13H2,1H3,(H,24,27). The van der Waals surface area contributed by atoms with Crippen molar-refractivity contribution in [1.29, 1.82) is 5.26 Å². The van der Waals surface area contributed by atoms with Gasteiger partial charge in [-0.05, 0) is 42.9 Å². The fourth-order valence-corrected chi connectivity index (χ4v) is 4.95. The summed E-state index contributed by atoms with van der Waals surface area (Å²) < 4.78 is 0. The molecule has 6 heteroatoms. The molecule has 1 atom stereocenters. The lowest BCUT2D eigenvalue weighted by Crippen LogP contribution is -2.29. The second-order valence-electron chi connectivity index (χ2n) is 7.17. The number of nitriles is 1. The summed E-state index contributed by atoms with van der Waals surface area (Å²) in [6.07, 6.45) is 4.23. The molecule has 1 amide bonds. The number of nitrogens with one attached hydrogen (secondary N) is 1. The fraction of sp³-hybridized carbons (Fsp3) is 0.409. The third-order valence-electron chi connectivity index (χ3n) is 5.34. The predicted octanol–water partition coefficient (Wildman–Crippen LogP) is 3.77. The third-order valence-corrected chi connectivity index (χ3v) is 6.64. The maximum Gasteiger partial charge on any atom is 0.255 e. The number of fused-ring (bicyclic) bond motifs is 1. The molecule has 146 valence electrons. The van der Waals surface area contributed by atoms with Crippen molar-refractivity contribution in [2.24, 2.45) is 5.92 Å². The Morgan fingerprint density at radius 3 is 2.86 bits per heavy atom. The second-order valence-corrected chi connectivity index (χ2v) is 8.36. The topological polar surface area (TPSA) is 90.2 Å². The minimum absolute atomic E-state index is 0.0228. The summed E-state index contributed by atoms with van der Waals surface area (Å²) >= 11 is 1.60. The van der Waals surface area contributed by atoms with Gasteiger partial charge in [-0.1, -0.05) is 25.5 Å². The van der Waals surface area contributed by atoms with E-state index in [0.29, 0.717) is 25.8 Å². The quantitative estimate of drug-likeness (QED) is 0.745. The fourth-order valence-electron chi connectivity index (χ4n) is 3.60. The van der Waals surface area contributed by atoms with E-state index in [2.05, 4.69) is 18.3 Å². The van der Waals surface area contributed by atoms with Crippen LogP contribution in [0.15, 0.2) is 24.3 Å². The van der Waals surface area contributed by atoms with Gasteiger partial charge in [0.2, 0.25) is 0 Å². The largest absolute Gasteiger partial charge is 0.507 e. The Balaban J connectivity index is 1.60. The zero-order valence-electron chi connectivity index (χ0n) is 16.0. The average molecular weight is 397 g/mol. The molecule has 0 bridgehead atoms. The highest BCUT2D eigenvalue weighted by Gasteiger charge is 2.24. The SMILES string of the molecule is CCC(CCc1sc2c(c1C#N)CCC(=O)C2)CNC(=O)c1ccccc1O. The number of carbonyl (C=O) groups is 2. The Bertz CT molecular complexity index is 926. The molecule has 1 aromatic heterocycles. The Morgan fingerprint density at radius 1 is 1.36 bits per heavy atom. The lowest BCUT2D eigenvalue weighted by Gasteiger charge is -2.16. The molecule has 2 N–H and O–H groups in total. The number of para-hydroxylation sites is 1. The van der Waals surface area contributed by atoms with Gasteiger partial charge >= 0.3 is 0 Å². The minimum Gasteiger partial charge on any atom is -0.507 e. The van der Waals surface area contributed by atoms with E-state index in [1.807, 2.05) is 0 Å². The van der Waals surface area contributed by atoms with Gasteiger partial charge in [0.1, 0.15) is 17.6 Å². The van der Waals surface area contributed by atoms with Crippen LogP contribution < -0.4 is 5.32 Å². The molecular weight excluding hydrogens is 372 g/mol. The first kappa shape index (κ1) is 20.1. The molecule has 2 aromatic rings. The number of amides is 1. The van der Waals surface area contributed by atoms with Gasteiger partial charge in [0.25, 0.3) is 5.91 Å². The number of rotatable bonds is 7. The van der Waals surface area contributed by atoms with E-state index in [1.54, 1.807) is 29.5 Å². The summed E-state index contributed by atoms with van der Waals surface area (Å²) in [6, 6.07) is 8.84. The highest BCUT2D eigenvalue weighted by molar-refractivity contribution is 7.12. The molecule has 0 saturated carbocycles. The number of thiophene rings is 1. The van der Waals surface area contributed by atoms with Crippen LogP contribution in [0.1, 0.15) is 57.4 Å². The molecule has 0 aliphatic heterocycles. The number of benzene rings is 1. The van der Waals surface area contributed by atoms with E-state index in [1.165, 1.54) is 6.07 Å². The molecule has 5 nitrogen and oxygen atoms in total. The number of Topliss-reactive ketones (excluding diaryl/α,β-unsaturated/α-hetero) is 1. The summed E-state index contributed by atoms with van der Waals surface area (Å²) in [4.78, 5) is 26.1. The molecule has 1 unspecified atom stereocenters. The van der Waals surface area contributed by atoms with Gasteiger partial charge in [-0.15, -0.1) is 11.3 Å². The Hall–Kier alpha value is -2.65. The van der Waals surface area contributed by atoms with Crippen molar-refractivity contribution in [2.75, 3.05) is 6.54 Å². The second kappa shape index (κ2) is 9.03. The van der Waals surface area contributed by atoms with Crippen LogP contribution in [0.4, 0.5) is 0 Å². The predicted molar refractivity (Wildman–Crippen MR) is 109 cm³/mol. The van der Waals surface area contributed by atoms with Crippen LogP contribution in [0.2, 0.25) is 0 Å². The normalized spacial score (nSPS) is 14.2. The number of ketones is 1. The van der Waals surface area contributed by atoms with Crippen LogP contribution in [0.25, 0.3) is 0 Å². The smallest absolute Gasteiger partial charge is 0.255 e. The molecule has 1 aromatic carbocycles. The summed E-state index contributed by atoms with van der Waals surface area (Å²) in [5.74, 6) is 0.231. The van der Waals surface area contributed by atoms with Gasteiger partial charge in [-0.3, -0.25) is 9.59 Å². The van der Waals surface area contributed by atoms with Crippen LogP contribution in [0.5, 0.6) is 5.75 Å². The first-order valence-corrected chi connectivity index (χ1v) is 10.5. The molecule has 3 rings (SSSR count). The average Bonchev–Trinajstić information content (AvgIpc) is 3.04. The number of hydrogen-bond donors (Lipinski definition) is 2. The number of aromatic hydroxyl groups is 1. The maximum absolute atomic E-state index is 12.3. The van der Waals surface area contributed by atoms with Crippen LogP contribution in [0.3, 0.4) is 0 Å². The lowest BCUT2D eigenvalue weighted by molar-refractivity contribution is -0.118. The van der Waals surface area contributed by atoms with Crippen molar-refractivity contribution >= 4 is 23.0 Å². The number of phenols is 1. The Labute approximate surface area is 169 Å². The zero-order chi connectivity index (χ0) is 20.1. The molecule has 28 heavy (non-hydrogen) atoms. The van der Waals surface area contributed by atoms with Gasteiger partial charge in [0.15, 0.2) is 0 Å². The van der Waals surface area contributed by atoms with E-state index < -0.39 is 0 Å². The van der Waals surface area contributed by atoms with Crippen molar-refractivity contribution in [1.82, 2.24) is 5.32 Å². The van der Waals surface area contributed by atoms with Crippen LogP contribution >= 0.6 is 11.3 Å². The Morgan fingerprint density at radius 2 is 2.14 bits per heavy atom. The first-order chi connectivity index (χ1) is 13.5. The van der Waals surface area contributed by atoms with Crippen molar-refractivity contribution in [3.8, 4) is 11.8 Å². The molecule has 1 aliphatic rings. The highest BCUT2D eigenvalue weighted by atomic mass is 32.1. The van der Waals surface area contributed by atoms with Crippen LogP contribution in [-0.2, 0) is 24.1 Å². The van der Waals surface area contributed by atoms with Gasteiger partial charge in [-0.25, -0.2) is 0 Å². The van der Waals surface area contributed by atoms with E-state index >= 15 is 0 Å². The number of carbonyl (C=O) groups excluding carboxylic acids is 2. The molecule has 1 heterocycles. The van der Waals surface area contributed by atoms with Crippen molar-refractivity contribution in [3.63, 3.8) is 0 Å². The van der Waals surface area contributed by atoms with Crippen LogP contribution in [-0.4, -0.2) is 23.3 Å². The monoisotopic (exact) mass is 396 g/mol. The summed E-state index contributed by atoms with van der Waals surface area (Å²) in [7, 11) is 0. The third kappa shape index (κ3) is 4.42. The molecule has 0 spiro atoms. The van der Waals surface area contributed by atoms with Gasteiger partial charge in [0.05, 0.1) is 11.1 Å². The molecule has 0 saturated heterocycles. The maximum atomic E-state index is 12.3. The van der Waals surface area contributed by atoms with E-state index in [-0.39, 0.29) is 28.9 Å². The Kier molecular flexibility index (Phi) is 6.48. The molecule has 0 fully saturated rings. The summed E-state index contributed by atoms with van der Waals surface area (Å²) in [5.41, 5.74) is 2.11. The molecule has 1 aliphatic carbocycles. The van der Waals surface area contributed by atoms with E-state index in [4.69, 9.17) is 0 Å². The van der Waals surface area contributed by atoms with Crippen molar-refractivity contribution in [2.45, 2.75) is 45.4 Å². The number of nitrogens with zero attached hydrogens (tertiary/aromatic N) is 1. The zero-order valence-corrected chi connectivity index (χ0v) is 16.8. The van der Waals surface area contributed by atoms with Crippen molar-refractivity contribution in [3.05, 3.63) is 50.7 Å². The number of hydrogen-bond acceptors (Lipinski definition) is 5. The van der Waals surface area contributed by atoms with Gasteiger partial charge < -0.3 is 10.4 Å². The lowest BCUT2D eigenvalue weighted by atomic mass is 9.93.